The number of para-hydroxylation sites is 4. The van der Waals surface area contributed by atoms with E-state index in [1.165, 1.54) is 11.1 Å². The van der Waals surface area contributed by atoms with Crippen molar-refractivity contribution in [3.63, 3.8) is 0 Å². The maximum absolute atomic E-state index is 6.82. The number of hydrogen-bond donors (Lipinski definition) is 0. The van der Waals surface area contributed by atoms with Crippen LogP contribution in [0.3, 0.4) is 0 Å². The summed E-state index contributed by atoms with van der Waals surface area (Å²) < 4.78 is 11.4. The van der Waals surface area contributed by atoms with Gasteiger partial charge in [0.1, 0.15) is 17.1 Å². The van der Waals surface area contributed by atoms with Crippen molar-refractivity contribution in [2.75, 3.05) is 0 Å². The molecular formula is C63H41N5OPt. The van der Waals surface area contributed by atoms with Crippen LogP contribution in [-0.2, 0) is 26.5 Å². The fourth-order valence-corrected chi connectivity index (χ4v) is 10.7. The molecule has 9 aromatic carbocycles. The summed E-state index contributed by atoms with van der Waals surface area (Å²) in [4.78, 5) is 16.2. The normalized spacial score (nSPS) is 12.0. The topological polar surface area (TPSA) is 62.9 Å². The van der Waals surface area contributed by atoms with E-state index in [9.17, 15) is 0 Å². The number of nitrogens with zero attached hydrogens (tertiary/aromatic N) is 5. The molecule has 0 saturated carbocycles. The second kappa shape index (κ2) is 16.2. The zero-order valence-electron chi connectivity index (χ0n) is 38.2. The van der Waals surface area contributed by atoms with Gasteiger partial charge in [-0.1, -0.05) is 165 Å². The van der Waals surface area contributed by atoms with E-state index in [0.29, 0.717) is 0 Å². The molecule has 5 heterocycles. The predicted octanol–water partition coefficient (Wildman–Crippen LogP) is 15.8. The Morgan fingerprint density at radius 3 is 2.14 bits per heavy atom. The van der Waals surface area contributed by atoms with Crippen molar-refractivity contribution in [1.29, 1.82) is 0 Å². The van der Waals surface area contributed by atoms with E-state index in [1.54, 1.807) is 0 Å². The minimum absolute atomic E-state index is 0. The van der Waals surface area contributed by atoms with Gasteiger partial charge in [0.15, 0.2) is 5.58 Å². The van der Waals surface area contributed by atoms with Crippen LogP contribution in [0.4, 0.5) is 0 Å². The Morgan fingerprint density at radius 2 is 1.27 bits per heavy atom. The number of pyridine rings is 1. The molecule has 0 spiro atoms. The summed E-state index contributed by atoms with van der Waals surface area (Å²) in [6.45, 7) is 4.61. The van der Waals surface area contributed by atoms with Crippen LogP contribution in [0.1, 0.15) is 25.0 Å². The first kappa shape index (κ1) is 41.8. The van der Waals surface area contributed by atoms with Gasteiger partial charge in [-0.25, -0.2) is 9.97 Å². The smallest absolute Gasteiger partial charge is 0.656 e. The molecule has 0 amide bonds. The molecule has 14 rings (SSSR count). The molecule has 6 nitrogen and oxygen atoms in total. The fourth-order valence-electron chi connectivity index (χ4n) is 10.7. The number of benzene rings is 9. The van der Waals surface area contributed by atoms with Crippen molar-refractivity contribution in [3.05, 3.63) is 230 Å². The van der Waals surface area contributed by atoms with E-state index >= 15 is 0 Å². The van der Waals surface area contributed by atoms with Crippen LogP contribution in [0, 0.1) is 6.07 Å². The molecule has 0 aliphatic rings. The summed E-state index contributed by atoms with van der Waals surface area (Å²) in [5.74, 6) is 0.778. The van der Waals surface area contributed by atoms with Crippen molar-refractivity contribution in [1.82, 2.24) is 24.1 Å². The summed E-state index contributed by atoms with van der Waals surface area (Å²) in [5.41, 5.74) is 16.2. The summed E-state index contributed by atoms with van der Waals surface area (Å²) in [6, 6.07) is 76.7. The number of fused-ring (bicyclic) bond motifs is 10. The molecule has 14 aromatic rings. The van der Waals surface area contributed by atoms with Gasteiger partial charge in [0.2, 0.25) is 0 Å². The first-order valence-electron chi connectivity index (χ1n) is 23.4. The molecule has 0 N–H and O–H groups in total. The Morgan fingerprint density at radius 1 is 0.529 bits per heavy atom. The average Bonchev–Trinajstić information content (AvgIpc) is 4.18. The number of hydrogen-bond acceptors (Lipinski definition) is 3. The number of imidazole rings is 1. The maximum Gasteiger partial charge on any atom is 2.00 e. The Balaban J connectivity index is 0.00000480. The molecule has 334 valence electrons. The van der Waals surface area contributed by atoms with Crippen molar-refractivity contribution in [2.45, 2.75) is 19.3 Å². The van der Waals surface area contributed by atoms with Gasteiger partial charge in [-0.3, -0.25) is 4.57 Å². The summed E-state index contributed by atoms with van der Waals surface area (Å²) in [6.07, 6.45) is 1.87. The minimum atomic E-state index is -0.345. The maximum atomic E-state index is 6.82. The van der Waals surface area contributed by atoms with E-state index in [-0.39, 0.29) is 26.5 Å². The van der Waals surface area contributed by atoms with Crippen LogP contribution in [0.25, 0.3) is 122 Å². The second-order valence-electron chi connectivity index (χ2n) is 18.5. The van der Waals surface area contributed by atoms with Gasteiger partial charge in [-0.15, -0.1) is 40.9 Å². The molecule has 0 bridgehead atoms. The van der Waals surface area contributed by atoms with Gasteiger partial charge in [-0.2, -0.15) is 0 Å². The van der Waals surface area contributed by atoms with Crippen LogP contribution in [-0.4, -0.2) is 19.1 Å². The van der Waals surface area contributed by atoms with E-state index in [2.05, 4.69) is 217 Å². The third-order valence-corrected chi connectivity index (χ3v) is 14.2. The van der Waals surface area contributed by atoms with Crippen LogP contribution < -0.4 is 4.98 Å². The van der Waals surface area contributed by atoms with E-state index in [1.807, 2.05) is 24.4 Å². The van der Waals surface area contributed by atoms with Crippen LogP contribution in [0.5, 0.6) is 0 Å². The molecule has 5 aromatic heterocycles. The summed E-state index contributed by atoms with van der Waals surface area (Å²) in [5, 5.41) is 6.56. The first-order chi connectivity index (χ1) is 34.0. The monoisotopic (exact) mass is 1080 g/mol. The van der Waals surface area contributed by atoms with Gasteiger partial charge in [-0.05, 0) is 81.2 Å². The predicted molar refractivity (Wildman–Crippen MR) is 283 cm³/mol. The number of rotatable bonds is 7. The third-order valence-electron chi connectivity index (χ3n) is 14.2. The molecule has 0 unspecified atom stereocenters. The van der Waals surface area contributed by atoms with E-state index in [4.69, 9.17) is 19.4 Å². The number of furan rings is 1. The fraction of sp³-hybridized carbons (Fsp3) is 0.0476. The summed E-state index contributed by atoms with van der Waals surface area (Å²) in [7, 11) is 0. The molecule has 0 aliphatic carbocycles. The number of aromatic nitrogens is 5. The van der Waals surface area contributed by atoms with Crippen LogP contribution in [0.2, 0.25) is 0 Å². The molecule has 0 fully saturated rings. The Kier molecular flexibility index (Phi) is 9.66. The van der Waals surface area contributed by atoms with E-state index < -0.39 is 0 Å². The zero-order valence-corrected chi connectivity index (χ0v) is 40.4. The van der Waals surface area contributed by atoms with Crippen molar-refractivity contribution < 1.29 is 25.5 Å². The summed E-state index contributed by atoms with van der Waals surface area (Å²) >= 11 is 0. The van der Waals surface area contributed by atoms with Crippen LogP contribution in [0.15, 0.2) is 217 Å². The van der Waals surface area contributed by atoms with Crippen molar-refractivity contribution >= 4 is 76.7 Å². The molecule has 0 aliphatic heterocycles. The SMILES string of the molecule is CC(C)(c1ccccc1)c1cc(-c2nc3c(-c4[c-]c(-n5c6cc(-c7ccccc7)ccc6c6cccnc65)ccc4)cccc3n2-c2cccc3c2oc2ccccc23)c2[n-]c3ccccc3c2c1.[Pt+2]. The second-order valence-corrected chi connectivity index (χ2v) is 18.5. The van der Waals surface area contributed by atoms with Gasteiger partial charge < -0.3 is 14.0 Å². The molecule has 0 saturated heterocycles. The first-order valence-corrected chi connectivity index (χ1v) is 23.4. The van der Waals surface area contributed by atoms with E-state index in [0.717, 1.165) is 122 Å². The Bertz CT molecular complexity index is 4350. The van der Waals surface area contributed by atoms with Gasteiger partial charge in [0.05, 0.1) is 22.2 Å². The Labute approximate surface area is 417 Å². The minimum Gasteiger partial charge on any atom is -0.656 e. The zero-order chi connectivity index (χ0) is 45.8. The largest absolute Gasteiger partial charge is 2.00 e. The van der Waals surface area contributed by atoms with Gasteiger partial charge >= 0.3 is 21.1 Å². The quantitative estimate of drug-likeness (QED) is 0.149. The molecule has 70 heavy (non-hydrogen) atoms. The van der Waals surface area contributed by atoms with Crippen molar-refractivity contribution in [3.8, 4) is 45.0 Å². The molecule has 0 atom stereocenters. The third kappa shape index (κ3) is 6.37. The van der Waals surface area contributed by atoms with Crippen LogP contribution >= 0.6 is 0 Å². The van der Waals surface area contributed by atoms with Gasteiger partial charge in [0.25, 0.3) is 0 Å². The molecular weight excluding hydrogens is 1040 g/mol. The van der Waals surface area contributed by atoms with Crippen molar-refractivity contribution in [2.24, 2.45) is 0 Å². The average molecular weight is 1080 g/mol. The van der Waals surface area contributed by atoms with Gasteiger partial charge in [0, 0.05) is 38.7 Å². The molecule has 0 radical (unpaired) electrons. The standard InChI is InChI=1S/C63H41N5O.Pt/c1-63(2,42-20-7-4-8-21-42)43-37-51-46-23-9-11-28-53(46)65-58(51)52(38-43)62-66-59-45(25-14-29-54(59)68(62)55-30-15-26-49-48-24-10-12-31-57(48)69-60(49)55)41-19-13-22-44(35-41)67-56-36-40(39-17-5-3-6-18-39)32-33-47(56)50-27-16-34-64-61(50)67;/h3-34,36-38H,1-2H3;/q-2;+2. The Hall–Kier alpha value is -8.31. The molecule has 7 heteroatoms.